The first-order chi connectivity index (χ1) is 18.9. The Morgan fingerprint density at radius 1 is 1.15 bits per heavy atom. The second kappa shape index (κ2) is 13.6. The Balaban J connectivity index is 1.93. The summed E-state index contributed by atoms with van der Waals surface area (Å²) in [6.45, 7) is 11.1. The summed E-state index contributed by atoms with van der Waals surface area (Å²) in [6.07, 6.45) is 1.73. The van der Waals surface area contributed by atoms with Crippen LogP contribution in [0.3, 0.4) is 0 Å². The molecule has 2 aromatic rings. The number of carbonyl (C=O) groups is 2. The zero-order chi connectivity index (χ0) is 29.4. The Kier molecular flexibility index (Phi) is 10.5. The molecule has 0 bridgehead atoms. The van der Waals surface area contributed by atoms with Crippen LogP contribution in [0.25, 0.3) is 11.1 Å². The molecule has 40 heavy (non-hydrogen) atoms. The van der Waals surface area contributed by atoms with Crippen LogP contribution in [0, 0.1) is 17.1 Å². The summed E-state index contributed by atoms with van der Waals surface area (Å²) in [7, 11) is 1.60. The molecule has 216 valence electrons. The van der Waals surface area contributed by atoms with Crippen LogP contribution in [-0.2, 0) is 9.47 Å². The average Bonchev–Trinajstić information content (AvgIpc) is 2.90. The molecule has 0 spiro atoms. The predicted octanol–water partition coefficient (Wildman–Crippen LogP) is 6.03. The van der Waals surface area contributed by atoms with Crippen LogP contribution in [0.15, 0.2) is 36.4 Å². The van der Waals surface area contributed by atoms with Crippen molar-refractivity contribution in [3.63, 3.8) is 0 Å². The summed E-state index contributed by atoms with van der Waals surface area (Å²) in [5.74, 6) is -0.350. The summed E-state index contributed by atoms with van der Waals surface area (Å²) in [4.78, 5) is 30.2. The van der Waals surface area contributed by atoms with Crippen molar-refractivity contribution >= 4 is 12.0 Å². The highest BCUT2D eigenvalue weighted by Crippen LogP contribution is 2.34. The zero-order valence-corrected chi connectivity index (χ0v) is 24.3. The van der Waals surface area contributed by atoms with Crippen molar-refractivity contribution in [3.05, 3.63) is 53.3 Å². The fourth-order valence-corrected chi connectivity index (χ4v) is 4.83. The van der Waals surface area contributed by atoms with Gasteiger partial charge >= 0.3 is 6.09 Å². The van der Waals surface area contributed by atoms with Gasteiger partial charge in [-0.05, 0) is 83.9 Å². The normalized spacial score (nSPS) is 15.5. The van der Waals surface area contributed by atoms with Crippen LogP contribution < -0.4 is 4.74 Å². The molecule has 1 atom stereocenters. The third kappa shape index (κ3) is 7.95. The van der Waals surface area contributed by atoms with Crippen molar-refractivity contribution in [2.75, 3.05) is 33.4 Å². The maximum atomic E-state index is 14.9. The fraction of sp³-hybridized carbons (Fsp3) is 0.516. The van der Waals surface area contributed by atoms with Crippen LogP contribution in [-0.4, -0.2) is 72.9 Å². The van der Waals surface area contributed by atoms with E-state index in [0.717, 1.165) is 12.8 Å². The summed E-state index contributed by atoms with van der Waals surface area (Å²) in [5.41, 5.74) is 0.782. The van der Waals surface area contributed by atoms with E-state index in [1.165, 1.54) is 18.2 Å². The molecular weight excluding hydrogens is 513 g/mol. The number of amides is 2. The molecule has 0 unspecified atom stereocenters. The summed E-state index contributed by atoms with van der Waals surface area (Å²) in [5, 5.41) is 9.33. The highest BCUT2D eigenvalue weighted by Gasteiger charge is 2.34. The Labute approximate surface area is 236 Å². The highest BCUT2D eigenvalue weighted by molar-refractivity contribution is 5.96. The molecule has 0 aliphatic carbocycles. The number of likely N-dealkylation sites (tertiary alicyclic amines) is 1. The third-order valence-corrected chi connectivity index (χ3v) is 6.60. The zero-order valence-electron chi connectivity index (χ0n) is 24.3. The van der Waals surface area contributed by atoms with Crippen LogP contribution in [0.5, 0.6) is 5.75 Å². The molecular formula is C31H40FN3O5. The minimum absolute atomic E-state index is 0.133. The number of ether oxygens (including phenoxy) is 3. The number of nitriles is 1. The maximum Gasteiger partial charge on any atom is 0.410 e. The highest BCUT2D eigenvalue weighted by atomic mass is 19.1. The second-order valence-electron chi connectivity index (χ2n) is 11.2. The molecule has 1 saturated heterocycles. The lowest BCUT2D eigenvalue weighted by atomic mass is 9.98. The number of piperidine rings is 1. The standard InChI is InChI=1S/C31H40FN3O5/c1-21(2)35(24-9-7-14-34(20-24)30(37)40-31(3,4)5)29(36)23-11-12-25(28(18-23)39-16-8-15-38-6)26-17-22(19-33)10-13-27(26)32/h10-13,17-18,21,24H,7-9,14-16,20H2,1-6H3/t24-/m1/s1. The predicted molar refractivity (Wildman–Crippen MR) is 151 cm³/mol. The van der Waals surface area contributed by atoms with Crippen molar-refractivity contribution in [1.82, 2.24) is 9.80 Å². The molecule has 3 rings (SSSR count). The van der Waals surface area contributed by atoms with Crippen LogP contribution in [0.4, 0.5) is 9.18 Å². The Morgan fingerprint density at radius 3 is 2.55 bits per heavy atom. The number of hydrogen-bond acceptors (Lipinski definition) is 6. The number of nitrogens with zero attached hydrogens (tertiary/aromatic N) is 3. The lowest BCUT2D eigenvalue weighted by Gasteiger charge is -2.41. The van der Waals surface area contributed by atoms with Gasteiger partial charge in [0.1, 0.15) is 17.2 Å². The van der Waals surface area contributed by atoms with Gasteiger partial charge in [-0.2, -0.15) is 5.26 Å². The number of methoxy groups -OCH3 is 1. The van der Waals surface area contributed by atoms with Crippen molar-refractivity contribution in [3.8, 4) is 22.9 Å². The first-order valence-electron chi connectivity index (χ1n) is 13.7. The van der Waals surface area contributed by atoms with E-state index in [1.807, 2.05) is 40.7 Å². The molecule has 9 heteroatoms. The molecule has 0 aromatic heterocycles. The monoisotopic (exact) mass is 553 g/mol. The number of benzene rings is 2. The van der Waals surface area contributed by atoms with E-state index in [1.54, 1.807) is 35.1 Å². The molecule has 2 amide bonds. The SMILES string of the molecule is COCCCOc1cc(C(=O)N(C(C)C)[C@@H]2CCCN(C(=O)OC(C)(C)C)C2)ccc1-c1cc(C#N)ccc1F. The molecule has 0 N–H and O–H groups in total. The minimum atomic E-state index is -0.606. The molecule has 0 saturated carbocycles. The first kappa shape index (κ1) is 30.9. The quantitative estimate of drug-likeness (QED) is 0.352. The molecule has 1 aliphatic heterocycles. The Hall–Kier alpha value is -3.64. The van der Waals surface area contributed by atoms with E-state index in [-0.39, 0.29) is 29.6 Å². The van der Waals surface area contributed by atoms with E-state index < -0.39 is 11.4 Å². The van der Waals surface area contributed by atoms with E-state index in [4.69, 9.17) is 14.2 Å². The van der Waals surface area contributed by atoms with Gasteiger partial charge in [0.25, 0.3) is 5.91 Å². The summed E-state index contributed by atoms with van der Waals surface area (Å²) < 4.78 is 31.6. The lowest BCUT2D eigenvalue weighted by molar-refractivity contribution is 0.00752. The van der Waals surface area contributed by atoms with E-state index in [9.17, 15) is 19.2 Å². The van der Waals surface area contributed by atoms with Crippen LogP contribution >= 0.6 is 0 Å². The Morgan fingerprint density at radius 2 is 1.90 bits per heavy atom. The van der Waals surface area contributed by atoms with Gasteiger partial charge in [0.15, 0.2) is 0 Å². The van der Waals surface area contributed by atoms with E-state index in [2.05, 4.69) is 0 Å². The first-order valence-corrected chi connectivity index (χ1v) is 13.7. The van der Waals surface area contributed by atoms with Crippen LogP contribution in [0.2, 0.25) is 0 Å². The van der Waals surface area contributed by atoms with Crippen molar-refractivity contribution in [2.24, 2.45) is 0 Å². The Bertz CT molecular complexity index is 1230. The fourth-order valence-electron chi connectivity index (χ4n) is 4.83. The third-order valence-electron chi connectivity index (χ3n) is 6.60. The molecule has 1 fully saturated rings. The molecule has 1 heterocycles. The molecule has 0 radical (unpaired) electrons. The van der Waals surface area contributed by atoms with Gasteiger partial charge in [0, 0.05) is 56.0 Å². The topological polar surface area (TPSA) is 92.1 Å². The molecule has 1 aliphatic rings. The van der Waals surface area contributed by atoms with E-state index in [0.29, 0.717) is 55.2 Å². The molecule has 8 nitrogen and oxygen atoms in total. The van der Waals surface area contributed by atoms with Crippen LogP contribution in [0.1, 0.15) is 69.8 Å². The maximum absolute atomic E-state index is 14.9. The van der Waals surface area contributed by atoms with Crippen molar-refractivity contribution in [1.29, 1.82) is 5.26 Å². The minimum Gasteiger partial charge on any atom is -0.493 e. The number of hydrogen-bond donors (Lipinski definition) is 0. The van der Waals surface area contributed by atoms with Gasteiger partial charge < -0.3 is 24.0 Å². The van der Waals surface area contributed by atoms with E-state index >= 15 is 0 Å². The van der Waals surface area contributed by atoms with Gasteiger partial charge in [-0.1, -0.05) is 0 Å². The number of rotatable bonds is 9. The summed E-state index contributed by atoms with van der Waals surface area (Å²) >= 11 is 0. The smallest absolute Gasteiger partial charge is 0.410 e. The van der Waals surface area contributed by atoms with Gasteiger partial charge in [-0.3, -0.25) is 4.79 Å². The lowest BCUT2D eigenvalue weighted by Crippen LogP contribution is -2.54. The van der Waals surface area contributed by atoms with Gasteiger partial charge in [0.05, 0.1) is 24.3 Å². The van der Waals surface area contributed by atoms with Crippen molar-refractivity contribution < 1.29 is 28.2 Å². The van der Waals surface area contributed by atoms with Gasteiger partial charge in [-0.25, -0.2) is 9.18 Å². The summed E-state index contributed by atoms with van der Waals surface area (Å²) in [6, 6.07) is 10.8. The van der Waals surface area contributed by atoms with Gasteiger partial charge in [-0.15, -0.1) is 0 Å². The molecule has 2 aromatic carbocycles. The average molecular weight is 554 g/mol. The van der Waals surface area contributed by atoms with Crippen molar-refractivity contribution in [2.45, 2.75) is 71.6 Å². The number of halogens is 1. The van der Waals surface area contributed by atoms with Gasteiger partial charge in [0.2, 0.25) is 0 Å². The largest absolute Gasteiger partial charge is 0.493 e. The second-order valence-corrected chi connectivity index (χ2v) is 11.2. The number of carbonyl (C=O) groups excluding carboxylic acids is 2.